The second kappa shape index (κ2) is 6.71. The molecule has 0 fully saturated rings. The third kappa shape index (κ3) is 3.80. The van der Waals surface area contributed by atoms with Crippen molar-refractivity contribution in [3.63, 3.8) is 0 Å². The highest BCUT2D eigenvalue weighted by Gasteiger charge is 2.40. The molecule has 0 N–H and O–H groups in total. The number of halogens is 4. The highest BCUT2D eigenvalue weighted by molar-refractivity contribution is 5.44. The van der Waals surface area contributed by atoms with Crippen LogP contribution in [0.2, 0.25) is 0 Å². The second-order valence-corrected chi connectivity index (χ2v) is 5.73. The van der Waals surface area contributed by atoms with Crippen LogP contribution in [0.5, 0.6) is 11.5 Å². The zero-order valence-corrected chi connectivity index (χ0v) is 12.8. The summed E-state index contributed by atoms with van der Waals surface area (Å²) in [5.41, 5.74) is 0.994. The molecular weight excluding hydrogens is 324 g/mol. The number of rotatable bonds is 5. The SMILES string of the molecule is Fc1ccc(C(CCCc2ccc3c(c2)OCO3)C(F)(F)F)cc1. The van der Waals surface area contributed by atoms with E-state index >= 15 is 0 Å². The molecule has 2 aromatic carbocycles. The summed E-state index contributed by atoms with van der Waals surface area (Å²) >= 11 is 0. The van der Waals surface area contributed by atoms with Gasteiger partial charge in [0.15, 0.2) is 11.5 Å². The van der Waals surface area contributed by atoms with Crippen molar-refractivity contribution in [2.75, 3.05) is 6.79 Å². The van der Waals surface area contributed by atoms with Gasteiger partial charge >= 0.3 is 6.18 Å². The van der Waals surface area contributed by atoms with Crippen LogP contribution in [0.15, 0.2) is 42.5 Å². The summed E-state index contributed by atoms with van der Waals surface area (Å²) in [4.78, 5) is 0. The Morgan fingerprint density at radius 1 is 0.958 bits per heavy atom. The number of ether oxygens (including phenoxy) is 2. The lowest BCUT2D eigenvalue weighted by Gasteiger charge is -2.20. The molecule has 0 amide bonds. The van der Waals surface area contributed by atoms with Crippen molar-refractivity contribution in [3.8, 4) is 11.5 Å². The molecule has 1 heterocycles. The number of fused-ring (bicyclic) bond motifs is 1. The second-order valence-electron chi connectivity index (χ2n) is 5.73. The maximum atomic E-state index is 13.3. The molecule has 1 aliphatic rings. The Balaban J connectivity index is 1.65. The Morgan fingerprint density at radius 2 is 1.67 bits per heavy atom. The predicted octanol–water partition coefficient (Wildman–Crippen LogP) is 5.22. The van der Waals surface area contributed by atoms with Gasteiger partial charge in [-0.3, -0.25) is 0 Å². The molecule has 0 aromatic heterocycles. The van der Waals surface area contributed by atoms with E-state index in [0.717, 1.165) is 17.7 Å². The first kappa shape index (κ1) is 16.6. The van der Waals surface area contributed by atoms with E-state index in [1.807, 2.05) is 6.07 Å². The minimum atomic E-state index is -4.35. The summed E-state index contributed by atoms with van der Waals surface area (Å²) in [5, 5.41) is 0. The number of hydrogen-bond donors (Lipinski definition) is 0. The maximum Gasteiger partial charge on any atom is 0.395 e. The van der Waals surface area contributed by atoms with Gasteiger partial charge in [-0.2, -0.15) is 13.2 Å². The van der Waals surface area contributed by atoms with Gasteiger partial charge in [0.05, 0.1) is 5.92 Å². The fourth-order valence-corrected chi connectivity index (χ4v) is 2.82. The van der Waals surface area contributed by atoms with E-state index < -0.39 is 17.9 Å². The largest absolute Gasteiger partial charge is 0.454 e. The molecule has 1 unspecified atom stereocenters. The molecule has 1 aliphatic heterocycles. The van der Waals surface area contributed by atoms with Crippen LogP contribution in [0, 0.1) is 5.82 Å². The van der Waals surface area contributed by atoms with Gasteiger partial charge in [-0.15, -0.1) is 0 Å². The number of aryl methyl sites for hydroxylation is 1. The van der Waals surface area contributed by atoms with Crippen molar-refractivity contribution < 1.29 is 27.0 Å². The first-order valence-corrected chi connectivity index (χ1v) is 7.64. The fraction of sp³-hybridized carbons (Fsp3) is 0.333. The van der Waals surface area contributed by atoms with E-state index in [-0.39, 0.29) is 18.8 Å². The van der Waals surface area contributed by atoms with Gasteiger partial charge < -0.3 is 9.47 Å². The van der Waals surface area contributed by atoms with Crippen molar-refractivity contribution in [3.05, 3.63) is 59.4 Å². The topological polar surface area (TPSA) is 18.5 Å². The van der Waals surface area contributed by atoms with Gasteiger partial charge in [-0.25, -0.2) is 4.39 Å². The van der Waals surface area contributed by atoms with Gasteiger partial charge in [-0.1, -0.05) is 18.2 Å². The van der Waals surface area contributed by atoms with Crippen LogP contribution in [0.25, 0.3) is 0 Å². The summed E-state index contributed by atoms with van der Waals surface area (Å²) in [6, 6.07) is 9.91. The van der Waals surface area contributed by atoms with Crippen LogP contribution < -0.4 is 9.47 Å². The Labute approximate surface area is 137 Å². The van der Waals surface area contributed by atoms with Gasteiger partial charge in [0.1, 0.15) is 5.82 Å². The Kier molecular flexibility index (Phi) is 4.64. The quantitative estimate of drug-likeness (QED) is 0.695. The molecule has 1 atom stereocenters. The Morgan fingerprint density at radius 3 is 2.38 bits per heavy atom. The number of hydrogen-bond acceptors (Lipinski definition) is 2. The molecule has 0 aliphatic carbocycles. The monoisotopic (exact) mass is 340 g/mol. The van der Waals surface area contributed by atoms with Crippen LogP contribution in [0.4, 0.5) is 17.6 Å². The summed E-state index contributed by atoms with van der Waals surface area (Å²) in [5.74, 6) is -0.858. The van der Waals surface area contributed by atoms with Crippen molar-refractivity contribution in [2.45, 2.75) is 31.4 Å². The smallest absolute Gasteiger partial charge is 0.395 e. The molecule has 6 heteroatoms. The summed E-state index contributed by atoms with van der Waals surface area (Å²) in [7, 11) is 0. The lowest BCUT2D eigenvalue weighted by atomic mass is 9.92. The first-order chi connectivity index (χ1) is 11.4. The third-order valence-corrected chi connectivity index (χ3v) is 4.06. The molecule has 3 rings (SSSR count). The molecule has 128 valence electrons. The average Bonchev–Trinajstić information content (AvgIpc) is 2.99. The number of alkyl halides is 3. The molecule has 0 saturated carbocycles. The Hall–Kier alpha value is -2.24. The van der Waals surface area contributed by atoms with Gasteiger partial charge in [-0.05, 0) is 54.7 Å². The van der Waals surface area contributed by atoms with E-state index in [2.05, 4.69) is 0 Å². The van der Waals surface area contributed by atoms with Crippen molar-refractivity contribution >= 4 is 0 Å². The molecule has 0 saturated heterocycles. The van der Waals surface area contributed by atoms with Crippen LogP contribution in [-0.4, -0.2) is 13.0 Å². The summed E-state index contributed by atoms with van der Waals surface area (Å²) < 4.78 is 63.2. The van der Waals surface area contributed by atoms with Gasteiger partial charge in [0.25, 0.3) is 0 Å². The van der Waals surface area contributed by atoms with Crippen molar-refractivity contribution in [1.82, 2.24) is 0 Å². The fourth-order valence-electron chi connectivity index (χ4n) is 2.82. The van der Waals surface area contributed by atoms with Gasteiger partial charge in [0, 0.05) is 0 Å². The van der Waals surface area contributed by atoms with Gasteiger partial charge in [0.2, 0.25) is 6.79 Å². The number of benzene rings is 2. The summed E-state index contributed by atoms with van der Waals surface area (Å²) in [6.07, 6.45) is -3.54. The lowest BCUT2D eigenvalue weighted by Crippen LogP contribution is -2.21. The van der Waals surface area contributed by atoms with E-state index in [4.69, 9.17) is 9.47 Å². The molecule has 0 radical (unpaired) electrons. The summed E-state index contributed by atoms with van der Waals surface area (Å²) in [6.45, 7) is 0.166. The Bertz CT molecular complexity index is 695. The van der Waals surface area contributed by atoms with E-state index in [1.165, 1.54) is 12.1 Å². The molecular formula is C18H16F4O2. The van der Waals surface area contributed by atoms with Crippen LogP contribution in [-0.2, 0) is 6.42 Å². The van der Waals surface area contributed by atoms with Crippen LogP contribution >= 0.6 is 0 Å². The molecule has 0 bridgehead atoms. The maximum absolute atomic E-state index is 13.3. The zero-order chi connectivity index (χ0) is 17.2. The third-order valence-electron chi connectivity index (χ3n) is 4.06. The van der Waals surface area contributed by atoms with Crippen LogP contribution in [0.3, 0.4) is 0 Å². The molecule has 2 aromatic rings. The lowest BCUT2D eigenvalue weighted by molar-refractivity contribution is -0.152. The average molecular weight is 340 g/mol. The molecule has 0 spiro atoms. The minimum Gasteiger partial charge on any atom is -0.454 e. The molecule has 24 heavy (non-hydrogen) atoms. The van der Waals surface area contributed by atoms with E-state index in [1.54, 1.807) is 12.1 Å². The first-order valence-electron chi connectivity index (χ1n) is 7.64. The van der Waals surface area contributed by atoms with E-state index in [0.29, 0.717) is 24.3 Å². The zero-order valence-electron chi connectivity index (χ0n) is 12.8. The highest BCUT2D eigenvalue weighted by Crippen LogP contribution is 2.39. The molecule has 2 nitrogen and oxygen atoms in total. The van der Waals surface area contributed by atoms with Crippen LogP contribution in [0.1, 0.15) is 29.9 Å². The normalized spacial score (nSPS) is 14.7. The van der Waals surface area contributed by atoms with Crippen molar-refractivity contribution in [1.29, 1.82) is 0 Å². The van der Waals surface area contributed by atoms with E-state index in [9.17, 15) is 17.6 Å². The standard InChI is InChI=1S/C18H16F4O2/c19-14-7-5-13(6-8-14)15(18(20,21)22)3-1-2-12-4-9-16-17(10-12)24-11-23-16/h4-10,15H,1-3,11H2. The predicted molar refractivity (Wildman–Crippen MR) is 80.7 cm³/mol. The minimum absolute atomic E-state index is 0.0520. The highest BCUT2D eigenvalue weighted by atomic mass is 19.4. The van der Waals surface area contributed by atoms with Crippen molar-refractivity contribution in [2.24, 2.45) is 0 Å².